The molecule has 42 heavy (non-hydrogen) atoms. The zero-order valence-corrected chi connectivity index (χ0v) is 24.9. The molecule has 8 atom stereocenters. The lowest BCUT2D eigenvalue weighted by Gasteiger charge is -2.53. The van der Waals surface area contributed by atoms with Gasteiger partial charge in [0.25, 0.3) is 5.56 Å². The lowest BCUT2D eigenvalue weighted by Crippen LogP contribution is -2.56. The minimum atomic E-state index is -0.622. The largest absolute Gasteiger partial charge is 0.333 e. The van der Waals surface area contributed by atoms with Crippen LogP contribution in [0.5, 0.6) is 0 Å². The first-order chi connectivity index (χ1) is 20.4. The van der Waals surface area contributed by atoms with E-state index in [0.717, 1.165) is 42.7 Å². The van der Waals surface area contributed by atoms with Crippen LogP contribution in [0.15, 0.2) is 41.3 Å². The van der Waals surface area contributed by atoms with Crippen molar-refractivity contribution < 1.29 is 9.59 Å². The predicted molar refractivity (Wildman–Crippen MR) is 163 cm³/mol. The van der Waals surface area contributed by atoms with Crippen LogP contribution >= 0.6 is 0 Å². The molecule has 5 fully saturated rings. The van der Waals surface area contributed by atoms with Crippen molar-refractivity contribution >= 4 is 28.8 Å². The Kier molecular flexibility index (Phi) is 7.32. The summed E-state index contributed by atoms with van der Waals surface area (Å²) in [5.41, 5.74) is 1.32. The van der Waals surface area contributed by atoms with Gasteiger partial charge in [0.1, 0.15) is 6.17 Å². The van der Waals surface area contributed by atoms with Crippen molar-refractivity contribution in [3.05, 3.63) is 46.9 Å². The maximum atomic E-state index is 14.4. The van der Waals surface area contributed by atoms with Crippen LogP contribution in [0, 0.1) is 23.7 Å². The van der Waals surface area contributed by atoms with E-state index in [4.69, 9.17) is 4.98 Å². The van der Waals surface area contributed by atoms with E-state index in [0.29, 0.717) is 23.5 Å². The molecule has 3 aliphatic carbocycles. The summed E-state index contributed by atoms with van der Waals surface area (Å²) in [5, 5.41) is 5.43. The van der Waals surface area contributed by atoms with E-state index in [1.54, 1.807) is 12.3 Å². The molecule has 8 unspecified atom stereocenters. The Hall–Kier alpha value is -3.20. The summed E-state index contributed by atoms with van der Waals surface area (Å²) >= 11 is 0. The topological polar surface area (TPSA) is 99.6 Å². The molecule has 1 aromatic carbocycles. The molecule has 2 saturated heterocycles. The summed E-state index contributed by atoms with van der Waals surface area (Å²) in [6.45, 7) is 4.92. The number of carbonyl (C=O) groups excluding carboxylic acids is 2. The highest BCUT2D eigenvalue weighted by Crippen LogP contribution is 2.48. The van der Waals surface area contributed by atoms with Gasteiger partial charge in [-0.15, -0.1) is 0 Å². The molecule has 0 radical (unpaired) electrons. The molecule has 0 spiro atoms. The van der Waals surface area contributed by atoms with E-state index < -0.39 is 12.2 Å². The van der Waals surface area contributed by atoms with Gasteiger partial charge in [0.2, 0.25) is 11.7 Å². The molecule has 224 valence electrons. The Balaban J connectivity index is 1.23. The molecule has 4 bridgehead atoms. The zero-order chi connectivity index (χ0) is 29.0. The number of urea groups is 1. The van der Waals surface area contributed by atoms with Crippen molar-refractivity contribution in [3.63, 3.8) is 0 Å². The molecule has 6 aliphatic rings. The van der Waals surface area contributed by atoms with Crippen LogP contribution in [-0.2, 0) is 4.79 Å². The van der Waals surface area contributed by atoms with Crippen LogP contribution in [0.3, 0.4) is 0 Å². The summed E-state index contributed by atoms with van der Waals surface area (Å²) < 4.78 is 1.98. The Morgan fingerprint density at radius 2 is 1.81 bits per heavy atom. The van der Waals surface area contributed by atoms with E-state index in [9.17, 15) is 14.4 Å². The van der Waals surface area contributed by atoms with Crippen molar-refractivity contribution in [2.75, 3.05) is 11.4 Å². The number of fused-ring (bicyclic) bond motifs is 8. The van der Waals surface area contributed by atoms with Gasteiger partial charge in [-0.25, -0.2) is 14.7 Å². The molecule has 2 N–H and O–H groups in total. The third kappa shape index (κ3) is 5.03. The Labute approximate surface area is 247 Å². The number of nitrogens with one attached hydrogen (secondary N) is 2. The second-order valence-electron chi connectivity index (χ2n) is 13.7. The molecule has 4 heterocycles. The second-order valence-corrected chi connectivity index (χ2v) is 13.7. The van der Waals surface area contributed by atoms with Crippen molar-refractivity contribution in [1.29, 1.82) is 0 Å². The van der Waals surface area contributed by atoms with Gasteiger partial charge in [-0.05, 0) is 80.4 Å². The monoisotopic (exact) mass is 572 g/mol. The van der Waals surface area contributed by atoms with Crippen molar-refractivity contribution in [3.8, 4) is 0 Å². The number of carbonyl (C=O) groups is 2. The third-order valence-corrected chi connectivity index (χ3v) is 11.1. The number of anilines is 1. The first kappa shape index (κ1) is 27.6. The Morgan fingerprint density at radius 3 is 2.64 bits per heavy atom. The Bertz CT molecular complexity index is 1450. The molecule has 3 saturated carbocycles. The van der Waals surface area contributed by atoms with Crippen molar-refractivity contribution in [1.82, 2.24) is 25.1 Å². The first-order valence-corrected chi connectivity index (χ1v) is 16.2. The highest BCUT2D eigenvalue weighted by atomic mass is 16.2. The fraction of sp³-hybridized carbons (Fsp3) is 0.636. The van der Waals surface area contributed by atoms with Gasteiger partial charge >= 0.3 is 6.03 Å². The van der Waals surface area contributed by atoms with Crippen molar-refractivity contribution in [2.45, 2.75) is 102 Å². The fourth-order valence-electron chi connectivity index (χ4n) is 9.01. The predicted octanol–water partition coefficient (Wildman–Crippen LogP) is 4.92. The van der Waals surface area contributed by atoms with Crippen LogP contribution in [0.25, 0.3) is 11.0 Å². The number of rotatable bonds is 4. The molecule has 8 rings (SSSR count). The number of piperidine rings is 1. The number of amides is 3. The lowest BCUT2D eigenvalue weighted by atomic mass is 9.65. The smallest absolute Gasteiger partial charge is 0.329 e. The summed E-state index contributed by atoms with van der Waals surface area (Å²) in [7, 11) is 0. The first-order valence-electron chi connectivity index (χ1n) is 16.2. The van der Waals surface area contributed by atoms with E-state index >= 15 is 0 Å². The van der Waals surface area contributed by atoms with Gasteiger partial charge in [0.05, 0.1) is 11.0 Å². The highest BCUT2D eigenvalue weighted by Gasteiger charge is 2.45. The normalized spacial score (nSPS) is 35.0. The third-order valence-electron chi connectivity index (χ3n) is 11.1. The Morgan fingerprint density at radius 1 is 0.976 bits per heavy atom. The summed E-state index contributed by atoms with van der Waals surface area (Å²) in [6.07, 6.45) is 15.2. The molecular formula is C33H44N6O3. The van der Waals surface area contributed by atoms with Crippen LogP contribution in [0.1, 0.15) is 84.1 Å². The van der Waals surface area contributed by atoms with E-state index in [2.05, 4.69) is 22.5 Å². The lowest BCUT2D eigenvalue weighted by molar-refractivity contribution is -0.119. The maximum absolute atomic E-state index is 14.4. The van der Waals surface area contributed by atoms with Gasteiger partial charge in [-0.1, -0.05) is 44.7 Å². The van der Waals surface area contributed by atoms with Crippen LogP contribution < -0.4 is 21.1 Å². The number of hydrogen-bond donors (Lipinski definition) is 2. The van der Waals surface area contributed by atoms with Gasteiger partial charge in [0, 0.05) is 37.8 Å². The second kappa shape index (κ2) is 11.1. The average molecular weight is 573 g/mol. The molecule has 1 aromatic heterocycles. The quantitative estimate of drug-likeness (QED) is 0.542. The highest BCUT2D eigenvalue weighted by molar-refractivity contribution is 5.95. The van der Waals surface area contributed by atoms with Crippen LogP contribution in [0.2, 0.25) is 0 Å². The summed E-state index contributed by atoms with van der Waals surface area (Å²) in [4.78, 5) is 47.9. The molecule has 3 amide bonds. The standard InChI is InChI=1S/C33H44N6O3/c1-20-11-12-22-15-24(20)17-26(16-22)38-19-23-7-3-4-8-25(38)18-29(23)39-28-10-6-5-9-27(28)35-31(32(39)41)37-14-13-30(34-21(2)40)36-33(37)42/h5-6,9-10,13-14,20,22-26,29-30H,3-4,7-8,11-12,15-19H2,1-2H3,(H,34,40)(H,36,42). The van der Waals surface area contributed by atoms with Gasteiger partial charge in [-0.3, -0.25) is 14.5 Å². The fourth-order valence-corrected chi connectivity index (χ4v) is 9.01. The minimum absolute atomic E-state index is 0.0664. The molecular weight excluding hydrogens is 528 g/mol. The average Bonchev–Trinajstić information content (AvgIpc) is 2.95. The van der Waals surface area contributed by atoms with Gasteiger partial charge in [0.15, 0.2) is 0 Å². The van der Waals surface area contributed by atoms with Crippen LogP contribution in [0.4, 0.5) is 10.6 Å². The van der Waals surface area contributed by atoms with E-state index in [-0.39, 0.29) is 23.3 Å². The summed E-state index contributed by atoms with van der Waals surface area (Å²) in [5.74, 6) is 2.83. The summed E-state index contributed by atoms with van der Waals surface area (Å²) in [6, 6.07) is 8.56. The number of hydrogen-bond acceptors (Lipinski definition) is 5. The molecule has 2 aromatic rings. The number of aromatic nitrogens is 2. The minimum Gasteiger partial charge on any atom is -0.333 e. The maximum Gasteiger partial charge on any atom is 0.329 e. The van der Waals surface area contributed by atoms with E-state index in [1.807, 2.05) is 28.8 Å². The number of para-hydroxylation sites is 2. The SMILES string of the molecule is CC(=O)NC1C=CN(c2nc3ccccc3n(C3CC4CCCCC3CN4C3CC4CCC(C)C(C4)C3)c2=O)C(=O)N1. The van der Waals surface area contributed by atoms with Gasteiger partial charge < -0.3 is 15.2 Å². The molecule has 9 heteroatoms. The van der Waals surface area contributed by atoms with Gasteiger partial charge in [-0.2, -0.15) is 0 Å². The van der Waals surface area contributed by atoms with E-state index in [1.165, 1.54) is 63.2 Å². The number of benzene rings is 1. The molecule has 3 aliphatic heterocycles. The van der Waals surface area contributed by atoms with Crippen LogP contribution in [-0.4, -0.2) is 51.2 Å². The zero-order valence-electron chi connectivity index (χ0n) is 24.9. The number of nitrogens with zero attached hydrogens (tertiary/aromatic N) is 4. The van der Waals surface area contributed by atoms with Crippen molar-refractivity contribution in [2.24, 2.45) is 23.7 Å². The molecule has 9 nitrogen and oxygen atoms in total.